The summed E-state index contributed by atoms with van der Waals surface area (Å²) in [6, 6.07) is 6.44. The summed E-state index contributed by atoms with van der Waals surface area (Å²) in [5.41, 5.74) is 1.40. The van der Waals surface area contributed by atoms with E-state index in [0.717, 1.165) is 5.69 Å². The monoisotopic (exact) mass is 263 g/mol. The fourth-order valence-electron chi connectivity index (χ4n) is 2.20. The van der Waals surface area contributed by atoms with Crippen molar-refractivity contribution in [2.45, 2.75) is 13.0 Å². The summed E-state index contributed by atoms with van der Waals surface area (Å²) in [4.78, 5) is 0. The molecule has 0 saturated carbocycles. The molecule has 0 fully saturated rings. The zero-order chi connectivity index (χ0) is 13.8. The summed E-state index contributed by atoms with van der Waals surface area (Å²) in [5.74, 6) is 0.249. The fraction of sp³-hybridized carbons (Fsp3) is 0.357. The molecule has 1 aromatic carbocycles. The van der Waals surface area contributed by atoms with E-state index in [4.69, 9.17) is 4.74 Å². The van der Waals surface area contributed by atoms with Crippen LogP contribution in [-0.2, 0) is 7.05 Å². The van der Waals surface area contributed by atoms with Crippen molar-refractivity contribution in [2.75, 3.05) is 13.7 Å². The number of ether oxygens (including phenoxy) is 1. The second-order valence-corrected chi connectivity index (χ2v) is 4.23. The molecule has 19 heavy (non-hydrogen) atoms. The first-order chi connectivity index (χ1) is 9.19. The van der Waals surface area contributed by atoms with Gasteiger partial charge in [-0.2, -0.15) is 5.10 Å². The van der Waals surface area contributed by atoms with Gasteiger partial charge in [0.05, 0.1) is 24.4 Å². The number of aromatic nitrogens is 2. The molecule has 1 N–H and O–H groups in total. The second-order valence-electron chi connectivity index (χ2n) is 4.23. The lowest BCUT2D eigenvalue weighted by molar-refractivity contribution is 0.395. The topological polar surface area (TPSA) is 39.1 Å². The van der Waals surface area contributed by atoms with Gasteiger partial charge in [0.1, 0.15) is 11.6 Å². The van der Waals surface area contributed by atoms with Crippen molar-refractivity contribution in [1.29, 1.82) is 0 Å². The number of hydrogen-bond acceptors (Lipinski definition) is 3. The Labute approximate surface area is 112 Å². The Kier molecular flexibility index (Phi) is 4.16. The van der Waals surface area contributed by atoms with E-state index in [1.807, 2.05) is 20.0 Å². The summed E-state index contributed by atoms with van der Waals surface area (Å²) < 4.78 is 21.2. The summed E-state index contributed by atoms with van der Waals surface area (Å²) in [7, 11) is 3.39. The molecule has 5 heteroatoms. The van der Waals surface area contributed by atoms with Crippen LogP contribution in [0.25, 0.3) is 0 Å². The van der Waals surface area contributed by atoms with Gasteiger partial charge in [0.15, 0.2) is 0 Å². The molecule has 1 heterocycles. The molecule has 4 nitrogen and oxygen atoms in total. The van der Waals surface area contributed by atoms with Gasteiger partial charge in [-0.05, 0) is 24.7 Å². The van der Waals surface area contributed by atoms with Crippen LogP contribution in [0, 0.1) is 5.82 Å². The Morgan fingerprint density at radius 2 is 2.21 bits per heavy atom. The molecule has 0 amide bonds. The molecule has 0 bridgehead atoms. The van der Waals surface area contributed by atoms with Crippen molar-refractivity contribution in [3.63, 3.8) is 0 Å². The molecule has 102 valence electrons. The van der Waals surface area contributed by atoms with Crippen molar-refractivity contribution in [3.8, 4) is 5.75 Å². The lowest BCUT2D eigenvalue weighted by atomic mass is 10.0. The molecular weight excluding hydrogens is 245 g/mol. The smallest absolute Gasteiger partial charge is 0.132 e. The van der Waals surface area contributed by atoms with Gasteiger partial charge in [-0.15, -0.1) is 0 Å². The van der Waals surface area contributed by atoms with Crippen molar-refractivity contribution >= 4 is 0 Å². The Balaban J connectivity index is 2.54. The SMILES string of the molecule is CCNC(c1c(F)cccc1OC)c1ccnn1C. The van der Waals surface area contributed by atoms with Crippen LogP contribution in [0.3, 0.4) is 0 Å². The standard InChI is InChI=1S/C14H18FN3O/c1-4-16-14(11-8-9-17-18(11)2)13-10(15)6-5-7-12(13)19-3/h5-9,14,16H,4H2,1-3H3. The quantitative estimate of drug-likeness (QED) is 0.899. The van der Waals surface area contributed by atoms with E-state index in [1.165, 1.54) is 6.07 Å². The van der Waals surface area contributed by atoms with Crippen LogP contribution in [-0.4, -0.2) is 23.4 Å². The van der Waals surface area contributed by atoms with Crippen molar-refractivity contribution in [1.82, 2.24) is 15.1 Å². The number of nitrogens with zero attached hydrogens (tertiary/aromatic N) is 2. The third kappa shape index (κ3) is 2.61. The van der Waals surface area contributed by atoms with E-state index in [1.54, 1.807) is 30.1 Å². The second kappa shape index (κ2) is 5.84. The summed E-state index contributed by atoms with van der Waals surface area (Å²) >= 11 is 0. The zero-order valence-corrected chi connectivity index (χ0v) is 11.4. The first-order valence-electron chi connectivity index (χ1n) is 6.22. The highest BCUT2D eigenvalue weighted by atomic mass is 19.1. The molecule has 0 aliphatic rings. The van der Waals surface area contributed by atoms with Gasteiger partial charge >= 0.3 is 0 Å². The minimum Gasteiger partial charge on any atom is -0.496 e. The number of aryl methyl sites for hydroxylation is 1. The minimum atomic E-state index is -0.286. The molecule has 2 aromatic rings. The van der Waals surface area contributed by atoms with Gasteiger partial charge in [0, 0.05) is 13.2 Å². The van der Waals surface area contributed by atoms with E-state index in [9.17, 15) is 4.39 Å². The van der Waals surface area contributed by atoms with Gasteiger partial charge in [0.25, 0.3) is 0 Å². The van der Waals surface area contributed by atoms with Crippen molar-refractivity contribution in [3.05, 3.63) is 47.5 Å². The van der Waals surface area contributed by atoms with E-state index >= 15 is 0 Å². The van der Waals surface area contributed by atoms with Crippen LogP contribution in [0.2, 0.25) is 0 Å². The molecule has 0 aliphatic carbocycles. The van der Waals surface area contributed by atoms with Gasteiger partial charge < -0.3 is 10.1 Å². The predicted octanol–water partition coefficient (Wildman–Crippen LogP) is 2.27. The van der Waals surface area contributed by atoms with Crippen molar-refractivity contribution in [2.24, 2.45) is 7.05 Å². The van der Waals surface area contributed by atoms with Crippen molar-refractivity contribution < 1.29 is 9.13 Å². The normalized spacial score (nSPS) is 12.4. The highest BCUT2D eigenvalue weighted by Crippen LogP contribution is 2.31. The van der Waals surface area contributed by atoms with Gasteiger partial charge in [-0.25, -0.2) is 4.39 Å². The van der Waals surface area contributed by atoms with Crippen LogP contribution in [0.1, 0.15) is 24.2 Å². The highest BCUT2D eigenvalue weighted by Gasteiger charge is 2.23. The molecule has 1 atom stereocenters. The Hall–Kier alpha value is -1.88. The zero-order valence-electron chi connectivity index (χ0n) is 11.4. The van der Waals surface area contributed by atoms with Crippen LogP contribution in [0.5, 0.6) is 5.75 Å². The first-order valence-corrected chi connectivity index (χ1v) is 6.22. The maximum Gasteiger partial charge on any atom is 0.132 e. The Morgan fingerprint density at radius 1 is 1.42 bits per heavy atom. The molecule has 0 radical (unpaired) electrons. The van der Waals surface area contributed by atoms with Crippen LogP contribution in [0.15, 0.2) is 30.5 Å². The van der Waals surface area contributed by atoms with Crippen LogP contribution < -0.4 is 10.1 Å². The molecule has 0 spiro atoms. The minimum absolute atomic E-state index is 0.284. The Bertz CT molecular complexity index is 553. The molecule has 1 unspecified atom stereocenters. The summed E-state index contributed by atoms with van der Waals surface area (Å²) in [6.45, 7) is 2.70. The number of halogens is 1. The summed E-state index contributed by atoms with van der Waals surface area (Å²) in [6.07, 6.45) is 1.70. The third-order valence-corrected chi connectivity index (χ3v) is 3.08. The van der Waals surface area contributed by atoms with E-state index in [0.29, 0.717) is 17.9 Å². The molecule has 0 aliphatic heterocycles. The summed E-state index contributed by atoms with van der Waals surface area (Å²) in [5, 5.41) is 7.42. The third-order valence-electron chi connectivity index (χ3n) is 3.08. The molecule has 1 aromatic heterocycles. The maximum absolute atomic E-state index is 14.2. The van der Waals surface area contributed by atoms with Gasteiger partial charge in [-0.1, -0.05) is 13.0 Å². The van der Waals surface area contributed by atoms with E-state index in [-0.39, 0.29) is 11.9 Å². The van der Waals surface area contributed by atoms with E-state index in [2.05, 4.69) is 10.4 Å². The molecule has 0 saturated heterocycles. The number of benzene rings is 1. The average Bonchev–Trinajstić information content (AvgIpc) is 2.82. The lowest BCUT2D eigenvalue weighted by Crippen LogP contribution is -2.25. The predicted molar refractivity (Wildman–Crippen MR) is 71.7 cm³/mol. The fourth-order valence-corrected chi connectivity index (χ4v) is 2.20. The first kappa shape index (κ1) is 13.5. The number of nitrogens with one attached hydrogen (secondary N) is 1. The highest BCUT2D eigenvalue weighted by molar-refractivity contribution is 5.41. The average molecular weight is 263 g/mol. The van der Waals surface area contributed by atoms with Crippen LogP contribution >= 0.6 is 0 Å². The Morgan fingerprint density at radius 3 is 2.79 bits per heavy atom. The molecule has 2 rings (SSSR count). The molecular formula is C14H18FN3O. The number of hydrogen-bond donors (Lipinski definition) is 1. The van der Waals surface area contributed by atoms with E-state index < -0.39 is 0 Å². The maximum atomic E-state index is 14.2. The number of rotatable bonds is 5. The lowest BCUT2D eigenvalue weighted by Gasteiger charge is -2.21. The van der Waals surface area contributed by atoms with Gasteiger partial charge in [0.2, 0.25) is 0 Å². The number of methoxy groups -OCH3 is 1. The largest absolute Gasteiger partial charge is 0.496 e. The van der Waals surface area contributed by atoms with Gasteiger partial charge in [-0.3, -0.25) is 4.68 Å². The van der Waals surface area contributed by atoms with Crippen LogP contribution in [0.4, 0.5) is 4.39 Å².